The van der Waals surface area contributed by atoms with Gasteiger partial charge in [-0.1, -0.05) is 20.8 Å². The molecule has 0 amide bonds. The highest BCUT2D eigenvalue weighted by Gasteiger charge is 2.32. The molecule has 0 aliphatic heterocycles. The molecule has 0 radical (unpaired) electrons. The third kappa shape index (κ3) is 6.98. The molecular formula is C11H26N2O3S. The van der Waals surface area contributed by atoms with Gasteiger partial charge in [-0.2, -0.15) is 0 Å². The van der Waals surface area contributed by atoms with E-state index < -0.39 is 9.84 Å². The van der Waals surface area contributed by atoms with Crippen LogP contribution in [0.4, 0.5) is 0 Å². The van der Waals surface area contributed by atoms with Crippen molar-refractivity contribution in [1.82, 2.24) is 5.43 Å². The summed E-state index contributed by atoms with van der Waals surface area (Å²) in [6.07, 6.45) is 1.57. The third-order valence-electron chi connectivity index (χ3n) is 2.58. The summed E-state index contributed by atoms with van der Waals surface area (Å²) in [7, 11) is -2.97. The predicted molar refractivity (Wildman–Crippen MR) is 70.3 cm³/mol. The van der Waals surface area contributed by atoms with Gasteiger partial charge in [0.15, 0.2) is 0 Å². The van der Waals surface area contributed by atoms with E-state index >= 15 is 0 Å². The van der Waals surface area contributed by atoms with Crippen LogP contribution < -0.4 is 11.3 Å². The number of rotatable bonds is 7. The van der Waals surface area contributed by atoms with Gasteiger partial charge in [0.25, 0.3) is 0 Å². The number of sulfone groups is 1. The molecule has 2 atom stereocenters. The normalized spacial score (nSPS) is 16.8. The molecule has 6 heteroatoms. The quantitative estimate of drug-likeness (QED) is 0.524. The lowest BCUT2D eigenvalue weighted by Crippen LogP contribution is -2.51. The van der Waals surface area contributed by atoms with E-state index in [1.54, 1.807) is 0 Å². The Bertz CT molecular complexity index is 309. The first kappa shape index (κ1) is 16.8. The Morgan fingerprint density at radius 2 is 1.88 bits per heavy atom. The van der Waals surface area contributed by atoms with Crippen molar-refractivity contribution in [1.29, 1.82) is 0 Å². The van der Waals surface area contributed by atoms with Crippen molar-refractivity contribution in [3.63, 3.8) is 0 Å². The highest BCUT2D eigenvalue weighted by molar-refractivity contribution is 7.90. The van der Waals surface area contributed by atoms with Crippen molar-refractivity contribution in [2.75, 3.05) is 18.6 Å². The second kappa shape index (κ2) is 6.68. The largest absolute Gasteiger partial charge is 0.376 e. The molecule has 2 unspecified atom stereocenters. The summed E-state index contributed by atoms with van der Waals surface area (Å²) in [4.78, 5) is 0. The van der Waals surface area contributed by atoms with Crippen LogP contribution in [-0.4, -0.2) is 39.2 Å². The van der Waals surface area contributed by atoms with Gasteiger partial charge in [0.05, 0.1) is 11.9 Å². The second-order valence-corrected chi connectivity index (χ2v) is 7.69. The molecule has 5 nitrogen and oxygen atoms in total. The number of nitrogens with one attached hydrogen (secondary N) is 1. The van der Waals surface area contributed by atoms with Crippen molar-refractivity contribution in [3.05, 3.63) is 0 Å². The van der Waals surface area contributed by atoms with Crippen molar-refractivity contribution in [2.45, 2.75) is 46.3 Å². The Kier molecular flexibility index (Phi) is 6.61. The summed E-state index contributed by atoms with van der Waals surface area (Å²) in [5.41, 5.74) is 2.58. The van der Waals surface area contributed by atoms with Crippen LogP contribution in [-0.2, 0) is 14.6 Å². The Morgan fingerprint density at radius 1 is 1.35 bits per heavy atom. The minimum absolute atomic E-state index is 0.0927. The minimum atomic E-state index is -2.97. The van der Waals surface area contributed by atoms with Gasteiger partial charge in [0.1, 0.15) is 9.84 Å². The topological polar surface area (TPSA) is 81.4 Å². The van der Waals surface area contributed by atoms with Crippen LogP contribution in [0.15, 0.2) is 0 Å². The highest BCUT2D eigenvalue weighted by atomic mass is 32.2. The lowest BCUT2D eigenvalue weighted by molar-refractivity contribution is -0.0362. The number of hydrogen-bond acceptors (Lipinski definition) is 5. The molecular weight excluding hydrogens is 240 g/mol. The number of hydrazine groups is 1. The predicted octanol–water partition coefficient (Wildman–Crippen LogP) is 0.704. The van der Waals surface area contributed by atoms with Crippen LogP contribution in [0.25, 0.3) is 0 Å². The fourth-order valence-corrected chi connectivity index (χ4v) is 2.49. The van der Waals surface area contributed by atoms with Crippen molar-refractivity contribution >= 4 is 9.84 Å². The lowest BCUT2D eigenvalue weighted by Gasteiger charge is -2.36. The molecule has 0 bridgehead atoms. The average Bonchev–Trinajstić information content (AvgIpc) is 2.13. The molecule has 0 saturated heterocycles. The number of nitrogens with two attached hydrogens (primary N) is 1. The van der Waals surface area contributed by atoms with Gasteiger partial charge in [-0.3, -0.25) is 11.3 Å². The average molecular weight is 266 g/mol. The van der Waals surface area contributed by atoms with E-state index in [4.69, 9.17) is 10.6 Å². The summed E-state index contributed by atoms with van der Waals surface area (Å²) >= 11 is 0. The number of ether oxygens (including phenoxy) is 1. The molecule has 0 aromatic heterocycles. The molecule has 0 aromatic rings. The van der Waals surface area contributed by atoms with Gasteiger partial charge in [0, 0.05) is 18.9 Å². The monoisotopic (exact) mass is 266 g/mol. The zero-order chi connectivity index (χ0) is 13.7. The molecule has 0 saturated carbocycles. The third-order valence-corrected chi connectivity index (χ3v) is 3.56. The van der Waals surface area contributed by atoms with Crippen molar-refractivity contribution < 1.29 is 13.2 Å². The Hall–Kier alpha value is -0.170. The SMILES string of the molecule is CCOC(C(CCS(C)(=O)=O)NN)C(C)(C)C. The van der Waals surface area contributed by atoms with E-state index in [9.17, 15) is 8.42 Å². The highest BCUT2D eigenvalue weighted by Crippen LogP contribution is 2.26. The molecule has 17 heavy (non-hydrogen) atoms. The van der Waals surface area contributed by atoms with Gasteiger partial charge in [-0.05, 0) is 18.8 Å². The first-order valence-corrected chi connectivity index (χ1v) is 7.93. The first-order chi connectivity index (χ1) is 7.61. The Labute approximate surface area is 105 Å². The van der Waals surface area contributed by atoms with E-state index in [2.05, 4.69) is 26.2 Å². The van der Waals surface area contributed by atoms with Crippen molar-refractivity contribution in [3.8, 4) is 0 Å². The van der Waals surface area contributed by atoms with Crippen LogP contribution in [0.1, 0.15) is 34.1 Å². The Morgan fingerprint density at radius 3 is 2.18 bits per heavy atom. The summed E-state index contributed by atoms with van der Waals surface area (Å²) < 4.78 is 28.0. The zero-order valence-corrected chi connectivity index (χ0v) is 12.3. The van der Waals surface area contributed by atoms with Gasteiger partial charge in [0.2, 0.25) is 0 Å². The van der Waals surface area contributed by atoms with E-state index in [1.807, 2.05) is 6.92 Å². The van der Waals surface area contributed by atoms with Crippen LogP contribution in [0, 0.1) is 5.41 Å². The molecule has 0 aliphatic rings. The maximum absolute atomic E-state index is 11.2. The van der Waals surface area contributed by atoms with E-state index in [0.29, 0.717) is 13.0 Å². The molecule has 0 aromatic carbocycles. The molecule has 0 aliphatic carbocycles. The summed E-state index contributed by atoms with van der Waals surface area (Å²) in [6.45, 7) is 8.66. The van der Waals surface area contributed by atoms with Gasteiger partial charge < -0.3 is 4.74 Å². The minimum Gasteiger partial charge on any atom is -0.376 e. The summed E-state index contributed by atoms with van der Waals surface area (Å²) in [6, 6.07) is -0.162. The molecule has 0 fully saturated rings. The second-order valence-electron chi connectivity index (χ2n) is 5.43. The molecule has 0 heterocycles. The first-order valence-electron chi connectivity index (χ1n) is 5.87. The van der Waals surface area contributed by atoms with Gasteiger partial charge in [-0.25, -0.2) is 8.42 Å². The molecule has 3 N–H and O–H groups in total. The smallest absolute Gasteiger partial charge is 0.147 e. The standard InChI is InChI=1S/C11H26N2O3S/c1-6-16-10(11(2,3)4)9(13-12)7-8-17(5,14)15/h9-10,13H,6-8,12H2,1-5H3. The molecule has 0 spiro atoms. The van der Waals surface area contributed by atoms with Gasteiger partial charge >= 0.3 is 0 Å². The molecule has 0 rings (SSSR count). The zero-order valence-electron chi connectivity index (χ0n) is 11.5. The number of hydrogen-bond donors (Lipinski definition) is 2. The fraction of sp³-hybridized carbons (Fsp3) is 1.00. The van der Waals surface area contributed by atoms with E-state index in [0.717, 1.165) is 0 Å². The fourth-order valence-electron chi connectivity index (χ4n) is 1.81. The van der Waals surface area contributed by atoms with E-state index in [-0.39, 0.29) is 23.3 Å². The van der Waals surface area contributed by atoms with Crippen LogP contribution in [0.3, 0.4) is 0 Å². The van der Waals surface area contributed by atoms with Crippen molar-refractivity contribution in [2.24, 2.45) is 11.3 Å². The summed E-state index contributed by atoms with van der Waals surface area (Å²) in [5.74, 6) is 5.62. The van der Waals surface area contributed by atoms with E-state index in [1.165, 1.54) is 6.26 Å². The molecule has 104 valence electrons. The van der Waals surface area contributed by atoms with Gasteiger partial charge in [-0.15, -0.1) is 0 Å². The maximum atomic E-state index is 11.2. The maximum Gasteiger partial charge on any atom is 0.147 e. The summed E-state index contributed by atoms with van der Waals surface area (Å²) in [5, 5.41) is 0. The van der Waals surface area contributed by atoms with Crippen LogP contribution in [0.2, 0.25) is 0 Å². The Balaban J connectivity index is 4.68. The van der Waals surface area contributed by atoms with Crippen LogP contribution in [0.5, 0.6) is 0 Å². The van der Waals surface area contributed by atoms with Crippen LogP contribution >= 0.6 is 0 Å². The lowest BCUT2D eigenvalue weighted by atomic mass is 9.84.